The van der Waals surface area contributed by atoms with Gasteiger partial charge in [0.1, 0.15) is 0 Å². The summed E-state index contributed by atoms with van der Waals surface area (Å²) in [6.07, 6.45) is 3.33. The lowest BCUT2D eigenvalue weighted by Crippen LogP contribution is -2.24. The summed E-state index contributed by atoms with van der Waals surface area (Å²) in [5.74, 6) is -0.0678. The molecule has 0 spiro atoms. The molecule has 0 aliphatic heterocycles. The molecule has 0 atom stereocenters. The predicted octanol–water partition coefficient (Wildman–Crippen LogP) is 3.25. The lowest BCUT2D eigenvalue weighted by atomic mass is 10.1. The third-order valence-electron chi connectivity index (χ3n) is 3.14. The van der Waals surface area contributed by atoms with Crippen LogP contribution in [0.1, 0.15) is 11.1 Å². The van der Waals surface area contributed by atoms with Crippen molar-refractivity contribution < 1.29 is 4.79 Å². The lowest BCUT2D eigenvalue weighted by Gasteiger charge is -2.17. The van der Waals surface area contributed by atoms with Crippen molar-refractivity contribution in [2.75, 3.05) is 17.7 Å². The molecular weight excluding hydrogens is 248 g/mol. The predicted molar refractivity (Wildman–Crippen MR) is 84.5 cm³/mol. The van der Waals surface area contributed by atoms with Crippen molar-refractivity contribution in [2.45, 2.75) is 6.92 Å². The Bertz CT molecular complexity index is 647. The van der Waals surface area contributed by atoms with Crippen LogP contribution >= 0.6 is 0 Å². The summed E-state index contributed by atoms with van der Waals surface area (Å²) in [6, 6.07) is 15.2. The van der Waals surface area contributed by atoms with Gasteiger partial charge < -0.3 is 10.6 Å². The molecule has 0 saturated carbocycles. The van der Waals surface area contributed by atoms with E-state index in [2.05, 4.69) is 0 Å². The summed E-state index contributed by atoms with van der Waals surface area (Å²) in [7, 11) is 1.77. The Labute approximate surface area is 119 Å². The first-order valence-corrected chi connectivity index (χ1v) is 6.45. The Kier molecular flexibility index (Phi) is 4.20. The summed E-state index contributed by atoms with van der Waals surface area (Å²) in [4.78, 5) is 13.8. The van der Waals surface area contributed by atoms with Gasteiger partial charge in [-0.2, -0.15) is 0 Å². The topological polar surface area (TPSA) is 46.3 Å². The van der Waals surface area contributed by atoms with E-state index in [4.69, 9.17) is 5.73 Å². The average Bonchev–Trinajstić information content (AvgIpc) is 2.44. The number of carbonyl (C=O) groups excluding carboxylic acids is 1. The minimum Gasteiger partial charge on any atom is -0.399 e. The van der Waals surface area contributed by atoms with Crippen LogP contribution in [0, 0.1) is 6.92 Å². The van der Waals surface area contributed by atoms with Gasteiger partial charge in [0, 0.05) is 24.5 Å². The maximum absolute atomic E-state index is 12.2. The molecule has 1 amide bonds. The number of nitrogen functional groups attached to an aromatic ring is 1. The molecule has 0 unspecified atom stereocenters. The second-order valence-electron chi connectivity index (χ2n) is 4.69. The van der Waals surface area contributed by atoms with Crippen LogP contribution in [0.4, 0.5) is 11.4 Å². The van der Waals surface area contributed by atoms with E-state index in [9.17, 15) is 4.79 Å². The lowest BCUT2D eigenvalue weighted by molar-refractivity contribution is -0.113. The Morgan fingerprint density at radius 3 is 2.60 bits per heavy atom. The molecular formula is C17H18N2O. The van der Waals surface area contributed by atoms with E-state index in [1.165, 1.54) is 0 Å². The van der Waals surface area contributed by atoms with Gasteiger partial charge >= 0.3 is 0 Å². The van der Waals surface area contributed by atoms with Gasteiger partial charge in [-0.3, -0.25) is 4.79 Å². The zero-order valence-corrected chi connectivity index (χ0v) is 11.7. The van der Waals surface area contributed by atoms with Crippen LogP contribution in [0.5, 0.6) is 0 Å². The number of likely N-dealkylation sites (N-methyl/N-ethyl adjacent to an activating group) is 1. The maximum Gasteiger partial charge on any atom is 0.250 e. The van der Waals surface area contributed by atoms with Crippen LogP contribution in [0.3, 0.4) is 0 Å². The monoisotopic (exact) mass is 266 g/mol. The van der Waals surface area contributed by atoms with Crippen molar-refractivity contribution in [2.24, 2.45) is 0 Å². The first kappa shape index (κ1) is 13.9. The molecule has 0 bridgehead atoms. The van der Waals surface area contributed by atoms with E-state index in [-0.39, 0.29) is 5.91 Å². The number of amides is 1. The van der Waals surface area contributed by atoms with E-state index in [1.807, 2.05) is 55.5 Å². The number of rotatable bonds is 3. The third-order valence-corrected chi connectivity index (χ3v) is 3.14. The molecule has 2 aromatic carbocycles. The zero-order valence-electron chi connectivity index (χ0n) is 11.7. The molecule has 0 fully saturated rings. The highest BCUT2D eigenvalue weighted by Crippen LogP contribution is 2.18. The van der Waals surface area contributed by atoms with Crippen LogP contribution in [0.15, 0.2) is 54.6 Å². The number of hydrogen-bond donors (Lipinski definition) is 1. The molecule has 102 valence electrons. The molecule has 0 saturated heterocycles. The molecule has 0 heterocycles. The van der Waals surface area contributed by atoms with Crippen molar-refractivity contribution >= 4 is 23.4 Å². The Morgan fingerprint density at radius 2 is 1.90 bits per heavy atom. The Hall–Kier alpha value is -2.55. The van der Waals surface area contributed by atoms with E-state index in [0.717, 1.165) is 16.8 Å². The summed E-state index contributed by atoms with van der Waals surface area (Å²) in [5.41, 5.74) is 9.29. The fourth-order valence-electron chi connectivity index (χ4n) is 2.00. The molecule has 20 heavy (non-hydrogen) atoms. The number of hydrogen-bond acceptors (Lipinski definition) is 2. The van der Waals surface area contributed by atoms with Gasteiger partial charge in [0.15, 0.2) is 0 Å². The Morgan fingerprint density at radius 1 is 1.15 bits per heavy atom. The van der Waals surface area contributed by atoms with E-state index in [0.29, 0.717) is 5.69 Å². The van der Waals surface area contributed by atoms with Crippen molar-refractivity contribution in [3.63, 3.8) is 0 Å². The quantitative estimate of drug-likeness (QED) is 0.684. The smallest absolute Gasteiger partial charge is 0.250 e. The summed E-state index contributed by atoms with van der Waals surface area (Å²) >= 11 is 0. The number of nitrogens with zero attached hydrogens (tertiary/aromatic N) is 1. The largest absolute Gasteiger partial charge is 0.399 e. The molecule has 3 nitrogen and oxygen atoms in total. The molecule has 2 rings (SSSR count). The van der Waals surface area contributed by atoms with Gasteiger partial charge in [0.05, 0.1) is 0 Å². The fraction of sp³-hybridized carbons (Fsp3) is 0.118. The van der Waals surface area contributed by atoms with Gasteiger partial charge in [0.2, 0.25) is 0 Å². The number of anilines is 2. The number of aryl methyl sites for hydroxylation is 1. The SMILES string of the molecule is Cc1ccccc1N(C)C(=O)/C=C/c1cccc(N)c1. The minimum atomic E-state index is -0.0678. The summed E-state index contributed by atoms with van der Waals surface area (Å²) < 4.78 is 0. The molecule has 0 radical (unpaired) electrons. The standard InChI is InChI=1S/C17H18N2O/c1-13-6-3-4-9-16(13)19(2)17(20)11-10-14-7-5-8-15(18)12-14/h3-12H,18H2,1-2H3/b11-10+. The maximum atomic E-state index is 12.2. The van der Waals surface area contributed by atoms with Gasteiger partial charge in [0.25, 0.3) is 5.91 Å². The van der Waals surface area contributed by atoms with Crippen molar-refractivity contribution in [3.8, 4) is 0 Å². The Balaban J connectivity index is 2.14. The minimum absolute atomic E-state index is 0.0678. The molecule has 2 aromatic rings. The molecule has 2 N–H and O–H groups in total. The molecule has 0 aliphatic carbocycles. The van der Waals surface area contributed by atoms with Crippen LogP contribution in [0.25, 0.3) is 6.08 Å². The van der Waals surface area contributed by atoms with Crippen molar-refractivity contribution in [1.82, 2.24) is 0 Å². The van der Waals surface area contributed by atoms with Crippen LogP contribution in [-0.4, -0.2) is 13.0 Å². The molecule has 3 heteroatoms. The van der Waals surface area contributed by atoms with Crippen LogP contribution < -0.4 is 10.6 Å². The van der Waals surface area contributed by atoms with Gasteiger partial charge in [-0.1, -0.05) is 30.3 Å². The second kappa shape index (κ2) is 6.06. The summed E-state index contributed by atoms with van der Waals surface area (Å²) in [6.45, 7) is 1.99. The average molecular weight is 266 g/mol. The van der Waals surface area contributed by atoms with Gasteiger partial charge in [-0.05, 0) is 42.3 Å². The first-order valence-electron chi connectivity index (χ1n) is 6.45. The zero-order chi connectivity index (χ0) is 14.5. The normalized spacial score (nSPS) is 10.7. The van der Waals surface area contributed by atoms with Gasteiger partial charge in [-0.15, -0.1) is 0 Å². The first-order chi connectivity index (χ1) is 9.58. The number of benzene rings is 2. The second-order valence-corrected chi connectivity index (χ2v) is 4.69. The van der Waals surface area contributed by atoms with Crippen molar-refractivity contribution in [3.05, 3.63) is 65.7 Å². The van der Waals surface area contributed by atoms with E-state index >= 15 is 0 Å². The van der Waals surface area contributed by atoms with E-state index in [1.54, 1.807) is 24.1 Å². The van der Waals surface area contributed by atoms with Gasteiger partial charge in [-0.25, -0.2) is 0 Å². The number of para-hydroxylation sites is 1. The van der Waals surface area contributed by atoms with Crippen molar-refractivity contribution in [1.29, 1.82) is 0 Å². The van der Waals surface area contributed by atoms with Crippen LogP contribution in [0.2, 0.25) is 0 Å². The number of carbonyl (C=O) groups is 1. The van der Waals surface area contributed by atoms with E-state index < -0.39 is 0 Å². The molecule has 0 aromatic heterocycles. The highest BCUT2D eigenvalue weighted by atomic mass is 16.2. The summed E-state index contributed by atoms with van der Waals surface area (Å²) in [5, 5.41) is 0. The highest BCUT2D eigenvalue weighted by molar-refractivity contribution is 6.03. The third kappa shape index (κ3) is 3.26. The molecule has 0 aliphatic rings. The number of nitrogens with two attached hydrogens (primary N) is 1. The highest BCUT2D eigenvalue weighted by Gasteiger charge is 2.09. The fourth-order valence-corrected chi connectivity index (χ4v) is 2.00. The van der Waals surface area contributed by atoms with Crippen LogP contribution in [-0.2, 0) is 4.79 Å².